The van der Waals surface area contributed by atoms with Crippen molar-refractivity contribution in [2.75, 3.05) is 25.0 Å². The average Bonchev–Trinajstić information content (AvgIpc) is 3.21. The van der Waals surface area contributed by atoms with E-state index >= 15 is 0 Å². The molecule has 2 aromatic carbocycles. The smallest absolute Gasteiger partial charge is 0.253 e. The molecule has 28 heavy (non-hydrogen) atoms. The standard InChI is InChI=1S/C22H27N3O3/c1-16-8-10-17(11-9-16)13-24-22(27)19-6-2-3-7-20(19)25-21(26)15-23-14-18-5-4-12-28-18/h2-3,6-11,18,23H,4-5,12-15H2,1H3,(H,24,27)(H,25,26)/t18-/m1/s1. The predicted octanol–water partition coefficient (Wildman–Crippen LogP) is 2.63. The molecule has 148 valence electrons. The van der Waals surface area contributed by atoms with Crippen molar-refractivity contribution in [3.63, 3.8) is 0 Å². The lowest BCUT2D eigenvalue weighted by molar-refractivity contribution is -0.115. The summed E-state index contributed by atoms with van der Waals surface area (Å²) < 4.78 is 5.53. The molecule has 0 spiro atoms. The van der Waals surface area contributed by atoms with Gasteiger partial charge in [-0.1, -0.05) is 42.0 Å². The van der Waals surface area contributed by atoms with E-state index in [1.807, 2.05) is 31.2 Å². The SMILES string of the molecule is Cc1ccc(CNC(=O)c2ccccc2NC(=O)CNC[C@H]2CCCO2)cc1. The molecule has 0 saturated carbocycles. The van der Waals surface area contributed by atoms with Crippen LogP contribution in [0.4, 0.5) is 5.69 Å². The average molecular weight is 381 g/mol. The fourth-order valence-electron chi connectivity index (χ4n) is 3.12. The third-order valence-corrected chi connectivity index (χ3v) is 4.70. The van der Waals surface area contributed by atoms with Crippen LogP contribution in [0, 0.1) is 6.92 Å². The molecule has 6 heteroatoms. The number of benzene rings is 2. The Bertz CT molecular complexity index is 799. The quantitative estimate of drug-likeness (QED) is 0.657. The zero-order valence-corrected chi connectivity index (χ0v) is 16.2. The van der Waals surface area contributed by atoms with Gasteiger partial charge in [-0.05, 0) is 37.5 Å². The first-order valence-electron chi connectivity index (χ1n) is 9.67. The molecule has 0 aromatic heterocycles. The van der Waals surface area contributed by atoms with Gasteiger partial charge in [-0.25, -0.2) is 0 Å². The fourth-order valence-corrected chi connectivity index (χ4v) is 3.12. The van der Waals surface area contributed by atoms with Gasteiger partial charge in [0, 0.05) is 19.7 Å². The van der Waals surface area contributed by atoms with E-state index in [2.05, 4.69) is 16.0 Å². The molecule has 1 fully saturated rings. The van der Waals surface area contributed by atoms with Crippen LogP contribution in [0.5, 0.6) is 0 Å². The summed E-state index contributed by atoms with van der Waals surface area (Å²) in [7, 11) is 0. The van der Waals surface area contributed by atoms with Gasteiger partial charge in [0.2, 0.25) is 5.91 Å². The van der Waals surface area contributed by atoms with Crippen molar-refractivity contribution >= 4 is 17.5 Å². The fraction of sp³-hybridized carbons (Fsp3) is 0.364. The van der Waals surface area contributed by atoms with Gasteiger partial charge in [0.1, 0.15) is 0 Å². The van der Waals surface area contributed by atoms with Gasteiger partial charge in [-0.15, -0.1) is 0 Å². The van der Waals surface area contributed by atoms with Crippen LogP contribution < -0.4 is 16.0 Å². The molecule has 2 amide bonds. The minimum Gasteiger partial charge on any atom is -0.377 e. The summed E-state index contributed by atoms with van der Waals surface area (Å²) in [4.78, 5) is 24.8. The summed E-state index contributed by atoms with van der Waals surface area (Å²) in [6, 6.07) is 15.0. The molecule has 2 aromatic rings. The topological polar surface area (TPSA) is 79.5 Å². The minimum absolute atomic E-state index is 0.180. The van der Waals surface area contributed by atoms with Gasteiger partial charge in [0.25, 0.3) is 5.91 Å². The van der Waals surface area contributed by atoms with E-state index in [1.165, 1.54) is 5.56 Å². The maximum atomic E-state index is 12.6. The highest BCUT2D eigenvalue weighted by Crippen LogP contribution is 2.15. The van der Waals surface area contributed by atoms with E-state index in [4.69, 9.17) is 4.74 Å². The molecular weight excluding hydrogens is 354 g/mol. The summed E-state index contributed by atoms with van der Waals surface area (Å²) in [6.07, 6.45) is 2.29. The second kappa shape index (κ2) is 10.0. The number of hydrogen-bond donors (Lipinski definition) is 3. The Balaban J connectivity index is 1.51. The molecule has 0 bridgehead atoms. The lowest BCUT2D eigenvalue weighted by Crippen LogP contribution is -2.34. The molecule has 1 saturated heterocycles. The third kappa shape index (κ3) is 5.90. The van der Waals surface area contributed by atoms with Gasteiger partial charge in [0.15, 0.2) is 0 Å². The van der Waals surface area contributed by atoms with Crippen LogP contribution in [0.15, 0.2) is 48.5 Å². The Hall–Kier alpha value is -2.70. The Morgan fingerprint density at radius 1 is 1.11 bits per heavy atom. The Kier molecular flexibility index (Phi) is 7.17. The second-order valence-corrected chi connectivity index (χ2v) is 7.03. The zero-order chi connectivity index (χ0) is 19.8. The van der Waals surface area contributed by atoms with Crippen molar-refractivity contribution in [1.82, 2.24) is 10.6 Å². The van der Waals surface area contributed by atoms with Crippen LogP contribution in [0.2, 0.25) is 0 Å². The molecule has 1 atom stereocenters. The summed E-state index contributed by atoms with van der Waals surface area (Å²) in [6.45, 7) is 4.09. The molecule has 6 nitrogen and oxygen atoms in total. The number of para-hydroxylation sites is 1. The first-order valence-corrected chi connectivity index (χ1v) is 9.67. The molecule has 1 aliphatic rings. The van der Waals surface area contributed by atoms with E-state index in [1.54, 1.807) is 24.3 Å². The molecular formula is C22H27N3O3. The molecule has 3 rings (SSSR count). The van der Waals surface area contributed by atoms with Crippen molar-refractivity contribution in [3.05, 3.63) is 65.2 Å². The van der Waals surface area contributed by atoms with Crippen molar-refractivity contribution in [2.24, 2.45) is 0 Å². The number of ether oxygens (including phenoxy) is 1. The monoisotopic (exact) mass is 381 g/mol. The number of nitrogens with one attached hydrogen (secondary N) is 3. The molecule has 0 unspecified atom stereocenters. The highest BCUT2D eigenvalue weighted by Gasteiger charge is 2.16. The van der Waals surface area contributed by atoms with Crippen molar-refractivity contribution in [2.45, 2.75) is 32.4 Å². The number of rotatable bonds is 8. The van der Waals surface area contributed by atoms with Crippen molar-refractivity contribution in [1.29, 1.82) is 0 Å². The van der Waals surface area contributed by atoms with Gasteiger partial charge >= 0.3 is 0 Å². The zero-order valence-electron chi connectivity index (χ0n) is 16.2. The van der Waals surface area contributed by atoms with E-state index in [0.29, 0.717) is 24.3 Å². The predicted molar refractivity (Wildman–Crippen MR) is 109 cm³/mol. The molecule has 0 aliphatic carbocycles. The summed E-state index contributed by atoms with van der Waals surface area (Å²) in [5, 5.41) is 8.84. The highest BCUT2D eigenvalue weighted by atomic mass is 16.5. The van der Waals surface area contributed by atoms with Crippen LogP contribution in [0.3, 0.4) is 0 Å². The molecule has 1 aliphatic heterocycles. The van der Waals surface area contributed by atoms with Gasteiger partial charge in [-0.3, -0.25) is 9.59 Å². The summed E-state index contributed by atoms with van der Waals surface area (Å²) in [5.74, 6) is -0.402. The Morgan fingerprint density at radius 3 is 2.64 bits per heavy atom. The first kappa shape index (κ1) is 20.0. The van der Waals surface area contributed by atoms with Crippen LogP contribution in [-0.4, -0.2) is 37.6 Å². The molecule has 0 radical (unpaired) electrons. The Morgan fingerprint density at radius 2 is 1.89 bits per heavy atom. The summed E-state index contributed by atoms with van der Waals surface area (Å²) in [5.41, 5.74) is 3.16. The number of amides is 2. The lowest BCUT2D eigenvalue weighted by Gasteiger charge is -2.13. The number of hydrogen-bond acceptors (Lipinski definition) is 4. The Labute approximate surface area is 165 Å². The van der Waals surface area contributed by atoms with E-state index in [-0.39, 0.29) is 24.5 Å². The number of aryl methyl sites for hydroxylation is 1. The van der Waals surface area contributed by atoms with Gasteiger partial charge < -0.3 is 20.7 Å². The van der Waals surface area contributed by atoms with Crippen molar-refractivity contribution < 1.29 is 14.3 Å². The molecule has 3 N–H and O–H groups in total. The van der Waals surface area contributed by atoms with Crippen LogP contribution in [0.1, 0.15) is 34.3 Å². The first-order chi connectivity index (χ1) is 13.6. The maximum Gasteiger partial charge on any atom is 0.253 e. The van der Waals surface area contributed by atoms with Gasteiger partial charge in [-0.2, -0.15) is 0 Å². The lowest BCUT2D eigenvalue weighted by atomic mass is 10.1. The van der Waals surface area contributed by atoms with E-state index < -0.39 is 0 Å². The van der Waals surface area contributed by atoms with E-state index in [0.717, 1.165) is 25.0 Å². The third-order valence-electron chi connectivity index (χ3n) is 4.70. The highest BCUT2D eigenvalue weighted by molar-refractivity contribution is 6.04. The van der Waals surface area contributed by atoms with Crippen LogP contribution in [-0.2, 0) is 16.1 Å². The minimum atomic E-state index is -0.219. The van der Waals surface area contributed by atoms with Crippen LogP contribution >= 0.6 is 0 Å². The molecule has 1 heterocycles. The number of carbonyl (C=O) groups is 2. The van der Waals surface area contributed by atoms with Gasteiger partial charge in [0.05, 0.1) is 23.9 Å². The maximum absolute atomic E-state index is 12.6. The summed E-state index contributed by atoms with van der Waals surface area (Å²) >= 11 is 0. The normalized spacial score (nSPS) is 16.0. The van der Waals surface area contributed by atoms with Crippen molar-refractivity contribution in [3.8, 4) is 0 Å². The second-order valence-electron chi connectivity index (χ2n) is 7.03. The number of carbonyl (C=O) groups excluding carboxylic acids is 2. The largest absolute Gasteiger partial charge is 0.377 e. The number of anilines is 1. The van der Waals surface area contributed by atoms with Crippen LogP contribution in [0.25, 0.3) is 0 Å². The van der Waals surface area contributed by atoms with E-state index in [9.17, 15) is 9.59 Å².